The third-order valence-electron chi connectivity index (χ3n) is 5.82. The summed E-state index contributed by atoms with van der Waals surface area (Å²) in [5.41, 5.74) is 5.27. The molecule has 29 heavy (non-hydrogen) atoms. The van der Waals surface area contributed by atoms with E-state index in [4.69, 9.17) is 9.98 Å². The Morgan fingerprint density at radius 3 is 2.03 bits per heavy atom. The smallest absolute Gasteiger partial charge is 0.0716 e. The number of pyridine rings is 1. The Hall–Kier alpha value is -3.20. The van der Waals surface area contributed by atoms with E-state index in [1.165, 1.54) is 37.8 Å². The number of para-hydroxylation sites is 2. The Morgan fingerprint density at radius 1 is 0.759 bits per heavy atom. The summed E-state index contributed by atoms with van der Waals surface area (Å²) in [5, 5.41) is 5.93. The average Bonchev–Trinajstić information content (AvgIpc) is 2.78. The molecule has 1 N–H and O–H groups in total. The van der Waals surface area contributed by atoms with Crippen molar-refractivity contribution in [2.24, 2.45) is 4.99 Å². The van der Waals surface area contributed by atoms with Gasteiger partial charge < -0.3 is 5.32 Å². The van der Waals surface area contributed by atoms with Gasteiger partial charge in [-0.1, -0.05) is 55.7 Å². The maximum absolute atomic E-state index is 4.79. The summed E-state index contributed by atoms with van der Waals surface area (Å²) in [5.74, 6) is 0. The predicted molar refractivity (Wildman–Crippen MR) is 123 cm³/mol. The molecule has 0 bridgehead atoms. The van der Waals surface area contributed by atoms with Gasteiger partial charge in [-0.25, -0.2) is 4.98 Å². The quantitative estimate of drug-likeness (QED) is 0.310. The second-order valence-corrected chi connectivity index (χ2v) is 7.84. The summed E-state index contributed by atoms with van der Waals surface area (Å²) in [4.78, 5) is 9.57. The van der Waals surface area contributed by atoms with E-state index < -0.39 is 0 Å². The van der Waals surface area contributed by atoms with Crippen molar-refractivity contribution in [2.45, 2.75) is 38.1 Å². The number of aromatic nitrogens is 1. The molecule has 1 fully saturated rings. The van der Waals surface area contributed by atoms with Crippen LogP contribution in [0.25, 0.3) is 21.8 Å². The molecular weight excluding hydrogens is 354 g/mol. The highest BCUT2D eigenvalue weighted by Gasteiger charge is 2.12. The highest BCUT2D eigenvalue weighted by molar-refractivity contribution is 6.11. The predicted octanol–water partition coefficient (Wildman–Crippen LogP) is 6.88. The van der Waals surface area contributed by atoms with Crippen molar-refractivity contribution in [3.8, 4) is 0 Å². The topological polar surface area (TPSA) is 37.3 Å². The molecule has 1 saturated carbocycles. The lowest BCUT2D eigenvalue weighted by Crippen LogP contribution is -2.21. The number of fused-ring (bicyclic) bond motifs is 2. The summed E-state index contributed by atoms with van der Waals surface area (Å²) in [6, 6.07) is 25.6. The summed E-state index contributed by atoms with van der Waals surface area (Å²) in [7, 11) is 0. The zero-order valence-corrected chi connectivity index (χ0v) is 16.5. The zero-order chi connectivity index (χ0) is 19.5. The largest absolute Gasteiger partial charge is 0.382 e. The molecule has 0 saturated heterocycles. The Labute approximate surface area is 171 Å². The van der Waals surface area contributed by atoms with E-state index in [9.17, 15) is 0 Å². The van der Waals surface area contributed by atoms with Crippen molar-refractivity contribution >= 4 is 39.4 Å². The third kappa shape index (κ3) is 3.86. The zero-order valence-electron chi connectivity index (χ0n) is 16.5. The molecule has 3 aromatic carbocycles. The lowest BCUT2D eigenvalue weighted by Gasteiger charge is -2.23. The fourth-order valence-electron chi connectivity index (χ4n) is 4.28. The summed E-state index contributed by atoms with van der Waals surface area (Å²) in [6.45, 7) is 0. The molecule has 0 atom stereocenters. The van der Waals surface area contributed by atoms with E-state index >= 15 is 0 Å². The van der Waals surface area contributed by atoms with Crippen LogP contribution in [0.1, 0.15) is 37.7 Å². The molecule has 4 aromatic rings. The molecule has 0 spiro atoms. The van der Waals surface area contributed by atoms with Crippen molar-refractivity contribution in [3.05, 3.63) is 78.4 Å². The number of nitrogens with zero attached hydrogens (tertiary/aromatic N) is 2. The number of hydrogen-bond acceptors (Lipinski definition) is 3. The van der Waals surface area contributed by atoms with Gasteiger partial charge in [0, 0.05) is 34.3 Å². The molecule has 3 nitrogen and oxygen atoms in total. The minimum atomic E-state index is 0.618. The number of hydrogen-bond donors (Lipinski definition) is 1. The highest BCUT2D eigenvalue weighted by atomic mass is 14.9. The van der Waals surface area contributed by atoms with Crippen LogP contribution in [0, 0.1) is 0 Å². The van der Waals surface area contributed by atoms with E-state index in [0.717, 1.165) is 33.1 Å². The molecule has 0 aliphatic heterocycles. The van der Waals surface area contributed by atoms with Crippen LogP contribution in [0.3, 0.4) is 0 Å². The molecule has 1 aromatic heterocycles. The van der Waals surface area contributed by atoms with Crippen molar-refractivity contribution in [3.63, 3.8) is 0 Å². The minimum absolute atomic E-state index is 0.618. The SMILES string of the molecule is C(=Nc1ccc(NC2CCCCC2)cc1)c1c2ccccc2nc2ccccc12. The average molecular weight is 380 g/mol. The van der Waals surface area contributed by atoms with E-state index in [-0.39, 0.29) is 0 Å². The van der Waals surface area contributed by atoms with Gasteiger partial charge in [0.05, 0.1) is 16.7 Å². The fraction of sp³-hybridized carbons (Fsp3) is 0.231. The van der Waals surface area contributed by atoms with Crippen molar-refractivity contribution in [1.82, 2.24) is 4.98 Å². The third-order valence-corrected chi connectivity index (χ3v) is 5.82. The molecule has 3 heteroatoms. The summed E-state index contributed by atoms with van der Waals surface area (Å²) in [6.07, 6.45) is 8.60. The van der Waals surface area contributed by atoms with Crippen LogP contribution in [0.2, 0.25) is 0 Å². The molecule has 5 rings (SSSR count). The van der Waals surface area contributed by atoms with Gasteiger partial charge in [0.1, 0.15) is 0 Å². The number of nitrogens with one attached hydrogen (secondary N) is 1. The van der Waals surface area contributed by atoms with Crippen LogP contribution < -0.4 is 5.32 Å². The van der Waals surface area contributed by atoms with Crippen LogP contribution in [0.5, 0.6) is 0 Å². The van der Waals surface area contributed by atoms with E-state index in [1.54, 1.807) is 0 Å². The number of rotatable bonds is 4. The number of anilines is 1. The highest BCUT2D eigenvalue weighted by Crippen LogP contribution is 2.26. The van der Waals surface area contributed by atoms with Crippen molar-refractivity contribution in [2.75, 3.05) is 5.32 Å². The Morgan fingerprint density at radius 2 is 1.38 bits per heavy atom. The van der Waals surface area contributed by atoms with Crippen LogP contribution in [-0.4, -0.2) is 17.2 Å². The van der Waals surface area contributed by atoms with Crippen LogP contribution in [0.15, 0.2) is 77.8 Å². The maximum Gasteiger partial charge on any atom is 0.0716 e. The van der Waals surface area contributed by atoms with Gasteiger partial charge in [0.2, 0.25) is 0 Å². The molecule has 0 unspecified atom stereocenters. The first-order valence-corrected chi connectivity index (χ1v) is 10.5. The molecule has 0 amide bonds. The van der Waals surface area contributed by atoms with Gasteiger partial charge in [0.25, 0.3) is 0 Å². The molecule has 1 aliphatic rings. The first-order chi connectivity index (χ1) is 14.4. The Balaban J connectivity index is 1.44. The van der Waals surface area contributed by atoms with Gasteiger partial charge in [-0.2, -0.15) is 0 Å². The Kier molecular flexibility index (Phi) is 4.95. The Bertz CT molecular complexity index is 1100. The molecule has 1 aliphatic carbocycles. The van der Waals surface area contributed by atoms with Crippen LogP contribution >= 0.6 is 0 Å². The standard InChI is InChI=1S/C26H25N3/c1-2-8-20(9-3-1)28-21-16-14-19(15-17-21)27-18-24-22-10-4-6-12-25(22)29-26-13-7-5-11-23(24)26/h4-7,10-18,20,28H,1-3,8-9H2. The van der Waals surface area contributed by atoms with Gasteiger partial charge >= 0.3 is 0 Å². The molecule has 1 heterocycles. The second-order valence-electron chi connectivity index (χ2n) is 7.84. The first-order valence-electron chi connectivity index (χ1n) is 10.5. The van der Waals surface area contributed by atoms with Gasteiger partial charge in [-0.15, -0.1) is 0 Å². The monoisotopic (exact) mass is 379 g/mol. The maximum atomic E-state index is 4.79. The van der Waals surface area contributed by atoms with E-state index in [2.05, 4.69) is 66.0 Å². The van der Waals surface area contributed by atoms with Crippen LogP contribution in [0.4, 0.5) is 11.4 Å². The van der Waals surface area contributed by atoms with E-state index in [0.29, 0.717) is 6.04 Å². The van der Waals surface area contributed by atoms with Crippen LogP contribution in [-0.2, 0) is 0 Å². The lowest BCUT2D eigenvalue weighted by atomic mass is 9.95. The van der Waals surface area contributed by atoms with Gasteiger partial charge in [-0.3, -0.25) is 4.99 Å². The number of aliphatic imine (C=N–C) groups is 1. The summed E-state index contributed by atoms with van der Waals surface area (Å²) >= 11 is 0. The fourth-order valence-corrected chi connectivity index (χ4v) is 4.28. The minimum Gasteiger partial charge on any atom is -0.382 e. The van der Waals surface area contributed by atoms with Gasteiger partial charge in [0.15, 0.2) is 0 Å². The van der Waals surface area contributed by atoms with Crippen molar-refractivity contribution < 1.29 is 0 Å². The molecule has 0 radical (unpaired) electrons. The first kappa shape index (κ1) is 17.9. The van der Waals surface area contributed by atoms with E-state index in [1.807, 2.05) is 18.3 Å². The van der Waals surface area contributed by atoms with Gasteiger partial charge in [-0.05, 0) is 49.2 Å². The van der Waals surface area contributed by atoms with Crippen molar-refractivity contribution in [1.29, 1.82) is 0 Å². The molecular formula is C26H25N3. The number of benzene rings is 3. The lowest BCUT2D eigenvalue weighted by molar-refractivity contribution is 0.463. The normalized spacial score (nSPS) is 15.3. The summed E-state index contributed by atoms with van der Waals surface area (Å²) < 4.78 is 0. The second kappa shape index (κ2) is 8.04. The molecule has 144 valence electrons.